The van der Waals surface area contributed by atoms with Crippen molar-refractivity contribution in [1.29, 1.82) is 5.41 Å². The number of hydrogen-bond acceptors (Lipinski definition) is 2. The van der Waals surface area contributed by atoms with Crippen LogP contribution in [-0.4, -0.2) is 19.4 Å². The van der Waals surface area contributed by atoms with Crippen molar-refractivity contribution < 1.29 is 0 Å². The fourth-order valence-corrected chi connectivity index (χ4v) is 2.31. The Morgan fingerprint density at radius 3 is 2.62 bits per heavy atom. The second kappa shape index (κ2) is 5.34. The van der Waals surface area contributed by atoms with Gasteiger partial charge in [-0.05, 0) is 34.0 Å². The van der Waals surface area contributed by atoms with Crippen LogP contribution in [0, 0.1) is 11.3 Å². The average Bonchev–Trinajstić information content (AvgIpc) is 2.15. The molecular formula is C12H18BrN3. The maximum atomic E-state index is 7.61. The lowest BCUT2D eigenvalue weighted by molar-refractivity contribution is 0.638. The van der Waals surface area contributed by atoms with Crippen molar-refractivity contribution in [3.8, 4) is 0 Å². The van der Waals surface area contributed by atoms with E-state index in [1.165, 1.54) is 0 Å². The van der Waals surface area contributed by atoms with Gasteiger partial charge in [-0.25, -0.2) is 0 Å². The first-order valence-corrected chi connectivity index (χ1v) is 6.06. The third kappa shape index (κ3) is 2.98. The highest BCUT2D eigenvalue weighted by Crippen LogP contribution is 2.27. The molecule has 0 spiro atoms. The molecule has 3 nitrogen and oxygen atoms in total. The Labute approximate surface area is 105 Å². The Kier molecular flexibility index (Phi) is 4.35. The molecule has 3 N–H and O–H groups in total. The van der Waals surface area contributed by atoms with Gasteiger partial charge in [-0.2, -0.15) is 0 Å². The molecule has 0 aliphatic rings. The average molecular weight is 284 g/mol. The molecule has 4 heteroatoms. The van der Waals surface area contributed by atoms with E-state index in [9.17, 15) is 0 Å². The van der Waals surface area contributed by atoms with Gasteiger partial charge in [0.15, 0.2) is 0 Å². The van der Waals surface area contributed by atoms with E-state index in [0.29, 0.717) is 5.92 Å². The number of rotatable bonds is 4. The van der Waals surface area contributed by atoms with Gasteiger partial charge in [0.2, 0.25) is 0 Å². The van der Waals surface area contributed by atoms with Crippen molar-refractivity contribution in [2.75, 3.05) is 18.5 Å². The lowest BCUT2D eigenvalue weighted by Gasteiger charge is -2.24. The minimum absolute atomic E-state index is 0.0954. The first kappa shape index (κ1) is 13.0. The summed E-state index contributed by atoms with van der Waals surface area (Å²) in [6, 6.07) is 5.86. The molecule has 0 saturated carbocycles. The number of halogens is 1. The maximum Gasteiger partial charge on any atom is 0.126 e. The predicted molar refractivity (Wildman–Crippen MR) is 73.3 cm³/mol. The first-order chi connectivity index (χ1) is 7.43. The monoisotopic (exact) mass is 283 g/mol. The van der Waals surface area contributed by atoms with Crippen molar-refractivity contribution in [1.82, 2.24) is 0 Å². The van der Waals surface area contributed by atoms with Crippen LogP contribution in [0.15, 0.2) is 22.7 Å². The summed E-state index contributed by atoms with van der Waals surface area (Å²) in [5.74, 6) is 0.668. The standard InChI is InChI=1S/C12H18BrN3/c1-8(2)7-16(3)10-6-4-5-9(13)11(10)12(14)15/h4-6,8H,7H2,1-3H3,(H3,14,15). The Balaban J connectivity index is 3.12. The zero-order valence-corrected chi connectivity index (χ0v) is 11.5. The second-order valence-corrected chi connectivity index (χ2v) is 5.18. The summed E-state index contributed by atoms with van der Waals surface area (Å²) in [4.78, 5) is 2.13. The van der Waals surface area contributed by atoms with E-state index in [-0.39, 0.29) is 5.84 Å². The van der Waals surface area contributed by atoms with Gasteiger partial charge in [-0.3, -0.25) is 5.41 Å². The van der Waals surface area contributed by atoms with E-state index < -0.39 is 0 Å². The van der Waals surface area contributed by atoms with Crippen molar-refractivity contribution in [3.05, 3.63) is 28.2 Å². The molecule has 0 aliphatic carbocycles. The van der Waals surface area contributed by atoms with Gasteiger partial charge in [0.1, 0.15) is 5.84 Å². The highest BCUT2D eigenvalue weighted by atomic mass is 79.9. The predicted octanol–water partition coefficient (Wildman–Crippen LogP) is 2.83. The highest BCUT2D eigenvalue weighted by molar-refractivity contribution is 9.10. The molecule has 0 heterocycles. The van der Waals surface area contributed by atoms with Gasteiger partial charge in [0.25, 0.3) is 0 Å². The van der Waals surface area contributed by atoms with E-state index >= 15 is 0 Å². The Bertz CT molecular complexity index is 388. The summed E-state index contributed by atoms with van der Waals surface area (Å²) >= 11 is 3.43. The Hall–Kier alpha value is -1.03. The summed E-state index contributed by atoms with van der Waals surface area (Å²) in [5.41, 5.74) is 7.38. The molecule has 0 radical (unpaired) electrons. The molecule has 0 unspecified atom stereocenters. The lowest BCUT2D eigenvalue weighted by atomic mass is 10.1. The summed E-state index contributed by atoms with van der Waals surface area (Å²) in [5, 5.41) is 7.61. The fourth-order valence-electron chi connectivity index (χ4n) is 1.74. The van der Waals surface area contributed by atoms with Crippen LogP contribution in [0.4, 0.5) is 5.69 Å². The number of hydrogen-bond donors (Lipinski definition) is 2. The number of nitrogens with zero attached hydrogens (tertiary/aromatic N) is 1. The van der Waals surface area contributed by atoms with Crippen LogP contribution >= 0.6 is 15.9 Å². The molecule has 16 heavy (non-hydrogen) atoms. The molecule has 0 fully saturated rings. The van der Waals surface area contributed by atoms with Gasteiger partial charge < -0.3 is 10.6 Å². The number of nitrogen functional groups attached to an aromatic ring is 1. The molecule has 0 aromatic heterocycles. The van der Waals surface area contributed by atoms with Crippen molar-refractivity contribution in [2.45, 2.75) is 13.8 Å². The smallest absolute Gasteiger partial charge is 0.126 e. The lowest BCUT2D eigenvalue weighted by Crippen LogP contribution is -2.26. The number of benzene rings is 1. The number of amidine groups is 1. The first-order valence-electron chi connectivity index (χ1n) is 5.27. The van der Waals surface area contributed by atoms with E-state index in [2.05, 4.69) is 34.7 Å². The number of nitrogens with two attached hydrogens (primary N) is 1. The van der Waals surface area contributed by atoms with Crippen LogP contribution < -0.4 is 10.6 Å². The van der Waals surface area contributed by atoms with Crippen LogP contribution in [-0.2, 0) is 0 Å². The summed E-state index contributed by atoms with van der Waals surface area (Å²) < 4.78 is 0.869. The quantitative estimate of drug-likeness (QED) is 0.660. The summed E-state index contributed by atoms with van der Waals surface area (Å²) in [7, 11) is 2.02. The summed E-state index contributed by atoms with van der Waals surface area (Å²) in [6.45, 7) is 5.28. The van der Waals surface area contributed by atoms with E-state index in [0.717, 1.165) is 22.3 Å². The van der Waals surface area contributed by atoms with Gasteiger partial charge >= 0.3 is 0 Å². The number of anilines is 1. The van der Waals surface area contributed by atoms with E-state index in [4.69, 9.17) is 11.1 Å². The van der Waals surface area contributed by atoms with Gasteiger partial charge in [0.05, 0.1) is 5.56 Å². The molecule has 1 rings (SSSR count). The molecule has 1 aromatic rings. The molecule has 0 aliphatic heterocycles. The highest BCUT2D eigenvalue weighted by Gasteiger charge is 2.13. The molecule has 1 aromatic carbocycles. The topological polar surface area (TPSA) is 53.1 Å². The maximum absolute atomic E-state index is 7.61. The molecule has 0 bridgehead atoms. The van der Waals surface area contributed by atoms with Crippen molar-refractivity contribution in [2.24, 2.45) is 11.7 Å². The minimum Gasteiger partial charge on any atom is -0.384 e. The normalized spacial score (nSPS) is 10.6. The van der Waals surface area contributed by atoms with Crippen molar-refractivity contribution in [3.63, 3.8) is 0 Å². The van der Waals surface area contributed by atoms with Crippen LogP contribution in [0.1, 0.15) is 19.4 Å². The molecule has 88 valence electrons. The van der Waals surface area contributed by atoms with Gasteiger partial charge in [-0.1, -0.05) is 19.9 Å². The third-order valence-electron chi connectivity index (χ3n) is 2.31. The van der Waals surface area contributed by atoms with Crippen LogP contribution in [0.2, 0.25) is 0 Å². The van der Waals surface area contributed by atoms with Gasteiger partial charge in [-0.15, -0.1) is 0 Å². The molecule has 0 atom stereocenters. The van der Waals surface area contributed by atoms with Crippen LogP contribution in [0.5, 0.6) is 0 Å². The van der Waals surface area contributed by atoms with E-state index in [1.54, 1.807) is 0 Å². The molecule has 0 amide bonds. The summed E-state index contributed by atoms with van der Waals surface area (Å²) in [6.07, 6.45) is 0. The largest absolute Gasteiger partial charge is 0.384 e. The molecule has 0 saturated heterocycles. The third-order valence-corrected chi connectivity index (χ3v) is 2.97. The Morgan fingerprint density at radius 1 is 1.50 bits per heavy atom. The van der Waals surface area contributed by atoms with Crippen molar-refractivity contribution >= 4 is 27.5 Å². The fraction of sp³-hybridized carbons (Fsp3) is 0.417. The molecular weight excluding hydrogens is 266 g/mol. The zero-order valence-electron chi connectivity index (χ0n) is 9.92. The van der Waals surface area contributed by atoms with Crippen LogP contribution in [0.25, 0.3) is 0 Å². The van der Waals surface area contributed by atoms with E-state index in [1.807, 2.05) is 25.2 Å². The second-order valence-electron chi connectivity index (χ2n) is 4.32. The number of nitrogens with one attached hydrogen (secondary N) is 1. The van der Waals surface area contributed by atoms with Crippen LogP contribution in [0.3, 0.4) is 0 Å². The SMILES string of the molecule is CC(C)CN(C)c1cccc(Br)c1C(=N)N. The Morgan fingerprint density at radius 2 is 2.12 bits per heavy atom. The minimum atomic E-state index is 0.0954. The zero-order chi connectivity index (χ0) is 12.3. The van der Waals surface area contributed by atoms with Gasteiger partial charge in [0, 0.05) is 23.8 Å².